The number of benzene rings is 1. The number of rotatable bonds is 3. The van der Waals surface area contributed by atoms with Gasteiger partial charge in [0, 0.05) is 17.9 Å². The summed E-state index contributed by atoms with van der Waals surface area (Å²) in [4.78, 5) is 2.33. The summed E-state index contributed by atoms with van der Waals surface area (Å²) >= 11 is 0. The smallest absolute Gasteiger partial charge is 0.161 e. The molecule has 5 heteroatoms. The molecule has 0 spiro atoms. The Balaban J connectivity index is 2.01. The van der Waals surface area contributed by atoms with E-state index in [1.165, 1.54) is 5.56 Å². The molecule has 2 atom stereocenters. The fourth-order valence-corrected chi connectivity index (χ4v) is 4.16. The van der Waals surface area contributed by atoms with Crippen molar-refractivity contribution in [3.05, 3.63) is 23.8 Å². The van der Waals surface area contributed by atoms with E-state index in [1.54, 1.807) is 14.2 Å². The van der Waals surface area contributed by atoms with Crippen LogP contribution in [-0.2, 0) is 5.41 Å². The van der Waals surface area contributed by atoms with Gasteiger partial charge in [-0.3, -0.25) is 0 Å². The van der Waals surface area contributed by atoms with Gasteiger partial charge in [0.15, 0.2) is 11.5 Å². The van der Waals surface area contributed by atoms with Crippen LogP contribution in [0.2, 0.25) is 0 Å². The molecule has 2 unspecified atom stereocenters. The zero-order valence-corrected chi connectivity index (χ0v) is 13.4. The molecule has 2 aliphatic rings. The van der Waals surface area contributed by atoms with Crippen LogP contribution in [0.1, 0.15) is 31.2 Å². The first-order valence-electron chi connectivity index (χ1n) is 7.74. The third kappa shape index (κ3) is 2.28. The highest BCUT2D eigenvalue weighted by atomic mass is 19.2. The minimum absolute atomic E-state index is 0.0580. The quantitative estimate of drug-likeness (QED) is 0.860. The average molecular weight is 306 g/mol. The Morgan fingerprint density at radius 1 is 1.23 bits per heavy atom. The molecule has 2 fully saturated rings. The second kappa shape index (κ2) is 5.88. The summed E-state index contributed by atoms with van der Waals surface area (Å²) in [5.41, 5.74) is 2.01. The largest absolute Gasteiger partial charge is 0.493 e. The summed E-state index contributed by atoms with van der Waals surface area (Å²) in [6.07, 6.45) is 3.46. The van der Waals surface area contributed by atoms with Crippen LogP contribution in [0.3, 0.4) is 0 Å². The van der Waals surface area contributed by atoms with Crippen LogP contribution >= 0.6 is 0 Å². The second-order valence-corrected chi connectivity index (χ2v) is 6.33. The number of hydrogen-bond acceptors (Lipinski definition) is 4. The van der Waals surface area contributed by atoms with E-state index in [2.05, 4.69) is 29.3 Å². The predicted octanol–water partition coefficient (Wildman–Crippen LogP) is 3.16. The highest BCUT2D eigenvalue weighted by Crippen LogP contribution is 2.49. The molecule has 1 heterocycles. The van der Waals surface area contributed by atoms with Crippen LogP contribution in [0.5, 0.6) is 11.5 Å². The molecule has 1 saturated carbocycles. The van der Waals surface area contributed by atoms with Crippen LogP contribution in [0.25, 0.3) is 0 Å². The average Bonchev–Trinajstić information content (AvgIpc) is 2.91. The van der Waals surface area contributed by atoms with Gasteiger partial charge >= 0.3 is 0 Å². The molecule has 0 bridgehead atoms. The third-order valence-electron chi connectivity index (χ3n) is 5.45. The van der Waals surface area contributed by atoms with Crippen LogP contribution in [0, 0.1) is 0 Å². The van der Waals surface area contributed by atoms with Crippen LogP contribution in [0.4, 0.5) is 4.48 Å². The molecule has 0 aromatic heterocycles. The van der Waals surface area contributed by atoms with Gasteiger partial charge in [0.25, 0.3) is 0 Å². The van der Waals surface area contributed by atoms with E-state index in [0.717, 1.165) is 37.3 Å². The van der Waals surface area contributed by atoms with Crippen molar-refractivity contribution in [2.75, 3.05) is 27.8 Å². The molecule has 1 aromatic rings. The Kier molecular flexibility index (Phi) is 4.08. The Morgan fingerprint density at radius 2 is 2.00 bits per heavy atom. The van der Waals surface area contributed by atoms with E-state index in [1.807, 2.05) is 6.07 Å². The molecule has 0 amide bonds. The fourth-order valence-electron chi connectivity index (χ4n) is 4.16. The SMILES string of the molecule is COc1ccc(C23CC/C(=N/F)CC2N(C)CC3)cc1OC. The first kappa shape index (κ1) is 15.3. The Labute approximate surface area is 130 Å². The maximum atomic E-state index is 12.7. The van der Waals surface area contributed by atoms with Gasteiger partial charge in [-0.1, -0.05) is 15.8 Å². The lowest BCUT2D eigenvalue weighted by Crippen LogP contribution is -2.46. The van der Waals surface area contributed by atoms with E-state index in [9.17, 15) is 4.48 Å². The van der Waals surface area contributed by atoms with Gasteiger partial charge in [0.1, 0.15) is 0 Å². The van der Waals surface area contributed by atoms with Gasteiger partial charge in [-0.05, 0) is 50.6 Å². The fraction of sp³-hybridized carbons (Fsp3) is 0.588. The lowest BCUT2D eigenvalue weighted by atomic mass is 9.65. The van der Waals surface area contributed by atoms with Gasteiger partial charge in [0.2, 0.25) is 0 Å². The second-order valence-electron chi connectivity index (χ2n) is 6.33. The van der Waals surface area contributed by atoms with Gasteiger partial charge in [0.05, 0.1) is 19.9 Å². The standard InChI is InChI=1S/C17H23FN2O2/c1-20-9-8-17(7-6-13(19-18)11-16(17)20)12-4-5-14(21-2)15(10-12)22-3/h4-5,10,16H,6-9,11H2,1-3H3/b19-13-. The van der Waals surface area contributed by atoms with Crippen molar-refractivity contribution in [1.29, 1.82) is 0 Å². The van der Waals surface area contributed by atoms with Crippen molar-refractivity contribution in [3.63, 3.8) is 0 Å². The van der Waals surface area contributed by atoms with Crippen molar-refractivity contribution in [1.82, 2.24) is 4.90 Å². The zero-order valence-electron chi connectivity index (χ0n) is 13.4. The van der Waals surface area contributed by atoms with Gasteiger partial charge in [-0.15, -0.1) is 0 Å². The van der Waals surface area contributed by atoms with Crippen molar-refractivity contribution in [3.8, 4) is 11.5 Å². The molecule has 1 saturated heterocycles. The lowest BCUT2D eigenvalue weighted by Gasteiger charge is -2.42. The summed E-state index contributed by atoms with van der Waals surface area (Å²) < 4.78 is 23.5. The highest BCUT2D eigenvalue weighted by molar-refractivity contribution is 5.86. The van der Waals surface area contributed by atoms with Gasteiger partial charge in [-0.2, -0.15) is 0 Å². The number of halogens is 1. The van der Waals surface area contributed by atoms with E-state index in [-0.39, 0.29) is 5.41 Å². The molecule has 4 nitrogen and oxygen atoms in total. The number of methoxy groups -OCH3 is 2. The Morgan fingerprint density at radius 3 is 2.68 bits per heavy atom. The lowest BCUT2D eigenvalue weighted by molar-refractivity contribution is 0.225. The van der Waals surface area contributed by atoms with Crippen molar-refractivity contribution < 1.29 is 14.0 Å². The van der Waals surface area contributed by atoms with Crippen LogP contribution < -0.4 is 9.47 Å². The first-order valence-corrected chi connectivity index (χ1v) is 7.74. The maximum absolute atomic E-state index is 12.7. The summed E-state index contributed by atoms with van der Waals surface area (Å²) in [5.74, 6) is 1.50. The molecule has 1 aliphatic heterocycles. The topological polar surface area (TPSA) is 34.1 Å². The predicted molar refractivity (Wildman–Crippen MR) is 84.7 cm³/mol. The van der Waals surface area contributed by atoms with E-state index in [0.29, 0.717) is 18.2 Å². The van der Waals surface area contributed by atoms with Crippen LogP contribution in [-0.4, -0.2) is 44.5 Å². The summed E-state index contributed by atoms with van der Waals surface area (Å²) in [6, 6.07) is 6.49. The van der Waals surface area contributed by atoms with Crippen LogP contribution in [0.15, 0.2) is 23.4 Å². The minimum atomic E-state index is 0.0580. The zero-order chi connectivity index (χ0) is 15.7. The van der Waals surface area contributed by atoms with E-state index in [4.69, 9.17) is 9.47 Å². The Hall–Kier alpha value is -1.62. The van der Waals surface area contributed by atoms with Gasteiger partial charge in [-0.25, -0.2) is 0 Å². The molecule has 120 valence electrons. The molecule has 1 aromatic carbocycles. The normalized spacial score (nSPS) is 30.4. The van der Waals surface area contributed by atoms with Gasteiger partial charge < -0.3 is 14.4 Å². The van der Waals surface area contributed by atoms with Crippen molar-refractivity contribution in [2.45, 2.75) is 37.1 Å². The first-order chi connectivity index (χ1) is 10.6. The monoisotopic (exact) mass is 306 g/mol. The summed E-state index contributed by atoms with van der Waals surface area (Å²) in [7, 11) is 5.42. The summed E-state index contributed by atoms with van der Waals surface area (Å²) in [5, 5.41) is 2.97. The number of fused-ring (bicyclic) bond motifs is 1. The number of hydrogen-bond donors (Lipinski definition) is 0. The Bertz CT molecular complexity index is 590. The number of likely N-dealkylation sites (tertiary alicyclic amines) is 1. The minimum Gasteiger partial charge on any atom is -0.493 e. The van der Waals surface area contributed by atoms with Crippen molar-refractivity contribution >= 4 is 5.71 Å². The molecule has 22 heavy (non-hydrogen) atoms. The molecular weight excluding hydrogens is 283 g/mol. The summed E-state index contributed by atoms with van der Waals surface area (Å²) in [6.45, 7) is 1.03. The molecule has 0 N–H and O–H groups in total. The van der Waals surface area contributed by atoms with Crippen molar-refractivity contribution in [2.24, 2.45) is 5.21 Å². The molecule has 1 aliphatic carbocycles. The highest BCUT2D eigenvalue weighted by Gasteiger charge is 2.49. The number of nitrogens with zero attached hydrogens (tertiary/aromatic N) is 2. The van der Waals surface area contributed by atoms with E-state index < -0.39 is 0 Å². The number of likely N-dealkylation sites (N-methyl/N-ethyl adjacent to an activating group) is 1. The molecular formula is C17H23FN2O2. The molecule has 3 rings (SSSR count). The van der Waals surface area contributed by atoms with E-state index >= 15 is 0 Å². The molecule has 0 radical (unpaired) electrons. The number of ether oxygens (including phenoxy) is 2. The maximum Gasteiger partial charge on any atom is 0.161 e. The third-order valence-corrected chi connectivity index (χ3v) is 5.45.